The van der Waals surface area contributed by atoms with Crippen molar-refractivity contribution in [1.82, 2.24) is 19.7 Å². The Morgan fingerprint density at radius 3 is 2.68 bits per heavy atom. The summed E-state index contributed by atoms with van der Waals surface area (Å²) < 4.78 is 21.7. The lowest BCUT2D eigenvalue weighted by atomic mass is 9.96. The van der Waals surface area contributed by atoms with E-state index in [0.29, 0.717) is 23.4 Å². The predicted molar refractivity (Wildman–Crippen MR) is 147 cm³/mol. The molecule has 1 saturated carbocycles. The fourth-order valence-corrected chi connectivity index (χ4v) is 6.61. The van der Waals surface area contributed by atoms with Gasteiger partial charge in [-0.25, -0.2) is 9.37 Å². The van der Waals surface area contributed by atoms with Crippen molar-refractivity contribution in [2.24, 2.45) is 18.9 Å². The Labute approximate surface area is 227 Å². The summed E-state index contributed by atoms with van der Waals surface area (Å²) in [6.45, 7) is 7.64. The molecule has 2 aromatic heterocycles. The van der Waals surface area contributed by atoms with Crippen LogP contribution in [-0.4, -0.2) is 76.7 Å². The number of aryl methyl sites for hydroxylation is 1. The summed E-state index contributed by atoms with van der Waals surface area (Å²) in [5.74, 6) is 0.864. The minimum atomic E-state index is -0.970. The first-order valence-corrected chi connectivity index (χ1v) is 13.8. The SMILES string of the molecule is CC[C@@H]1[C@@H](C(=O)Nc2cc3cc(N4CCN([C@]5(C)COC[C@@H]5F)CC4)c(Cl)cc3cn2)[C@@H]1c1ccn(C)n1. The summed E-state index contributed by atoms with van der Waals surface area (Å²) in [6, 6.07) is 7.89. The van der Waals surface area contributed by atoms with E-state index >= 15 is 0 Å². The van der Waals surface area contributed by atoms with E-state index in [4.69, 9.17) is 16.3 Å². The standard InChI is InChI=1S/C28H34ClFN6O2/c1-4-19-25(21-5-6-34(3)33-21)26(19)27(37)32-24-13-17-12-22(20(29)11-18(17)14-31-24)35-7-9-36(10-8-35)28(2)16-38-15-23(28)30/h5-6,11-14,19,23,25-26H,4,7-10,15-16H2,1-3H3,(H,31,32,37)/t19-,23-,25-,26+,28+/m0/s1. The van der Waals surface area contributed by atoms with Crippen molar-refractivity contribution >= 4 is 39.8 Å². The van der Waals surface area contributed by atoms with Crippen LogP contribution < -0.4 is 10.2 Å². The fourth-order valence-electron chi connectivity index (χ4n) is 6.31. The zero-order chi connectivity index (χ0) is 26.6. The highest BCUT2D eigenvalue weighted by molar-refractivity contribution is 6.34. The van der Waals surface area contributed by atoms with E-state index in [1.165, 1.54) is 0 Å². The van der Waals surface area contributed by atoms with Crippen molar-refractivity contribution in [1.29, 1.82) is 0 Å². The van der Waals surface area contributed by atoms with Crippen molar-refractivity contribution in [2.45, 2.75) is 37.9 Å². The maximum absolute atomic E-state index is 14.5. The molecule has 0 spiro atoms. The van der Waals surface area contributed by atoms with Crippen LogP contribution in [0.2, 0.25) is 5.02 Å². The Kier molecular flexibility index (Phi) is 6.56. The number of carbonyl (C=O) groups excluding carboxylic acids is 1. The van der Waals surface area contributed by atoms with Crippen LogP contribution in [0.15, 0.2) is 36.7 Å². The maximum Gasteiger partial charge on any atom is 0.229 e. The molecule has 8 nitrogen and oxygen atoms in total. The number of piperazine rings is 1. The first kappa shape index (κ1) is 25.5. The fraction of sp³-hybridized carbons (Fsp3) is 0.536. The smallest absolute Gasteiger partial charge is 0.229 e. The zero-order valence-corrected chi connectivity index (χ0v) is 22.8. The average molecular weight is 541 g/mol. The Bertz CT molecular complexity index is 1360. The van der Waals surface area contributed by atoms with Crippen LogP contribution in [0.4, 0.5) is 15.9 Å². The molecule has 2 aliphatic heterocycles. The molecule has 202 valence electrons. The second-order valence-electron chi connectivity index (χ2n) is 11.1. The van der Waals surface area contributed by atoms with Crippen LogP contribution in [0.5, 0.6) is 0 Å². The van der Waals surface area contributed by atoms with Crippen molar-refractivity contribution < 1.29 is 13.9 Å². The van der Waals surface area contributed by atoms with Gasteiger partial charge < -0.3 is 15.0 Å². The number of anilines is 2. The quantitative estimate of drug-likeness (QED) is 0.504. The van der Waals surface area contributed by atoms with Gasteiger partial charge in [0.15, 0.2) is 0 Å². The largest absolute Gasteiger partial charge is 0.376 e. The summed E-state index contributed by atoms with van der Waals surface area (Å²) >= 11 is 6.69. The Balaban J connectivity index is 1.16. The van der Waals surface area contributed by atoms with Gasteiger partial charge in [-0.3, -0.25) is 14.4 Å². The molecule has 3 fully saturated rings. The minimum absolute atomic E-state index is 0.0137. The molecule has 0 bridgehead atoms. The van der Waals surface area contributed by atoms with Crippen molar-refractivity contribution in [3.05, 3.63) is 47.4 Å². The van der Waals surface area contributed by atoms with E-state index < -0.39 is 11.7 Å². The van der Waals surface area contributed by atoms with Gasteiger partial charge in [-0.1, -0.05) is 24.9 Å². The number of nitrogens with one attached hydrogen (secondary N) is 1. The third kappa shape index (κ3) is 4.44. The molecule has 0 unspecified atom stereocenters. The van der Waals surface area contributed by atoms with Crippen LogP contribution in [0.1, 0.15) is 31.9 Å². The number of carbonyl (C=O) groups is 1. The van der Waals surface area contributed by atoms with Gasteiger partial charge in [-0.15, -0.1) is 0 Å². The summed E-state index contributed by atoms with van der Waals surface area (Å²) in [6.07, 6.45) is 3.63. The number of nitrogens with zero attached hydrogens (tertiary/aromatic N) is 5. The topological polar surface area (TPSA) is 75.5 Å². The molecule has 10 heteroatoms. The van der Waals surface area contributed by atoms with E-state index in [9.17, 15) is 9.18 Å². The highest BCUT2D eigenvalue weighted by atomic mass is 35.5. The van der Waals surface area contributed by atoms with Gasteiger partial charge in [-0.2, -0.15) is 5.10 Å². The minimum Gasteiger partial charge on any atom is -0.376 e. The number of halogens is 2. The summed E-state index contributed by atoms with van der Waals surface area (Å²) in [7, 11) is 1.89. The van der Waals surface area contributed by atoms with Crippen molar-refractivity contribution in [3.63, 3.8) is 0 Å². The molecular weight excluding hydrogens is 507 g/mol. The van der Waals surface area contributed by atoms with Gasteiger partial charge in [0, 0.05) is 56.9 Å². The van der Waals surface area contributed by atoms with Crippen LogP contribution >= 0.6 is 11.6 Å². The zero-order valence-electron chi connectivity index (χ0n) is 22.0. The predicted octanol–water partition coefficient (Wildman–Crippen LogP) is 4.25. The highest BCUT2D eigenvalue weighted by Crippen LogP contribution is 2.55. The molecule has 0 radical (unpaired) electrons. The monoisotopic (exact) mass is 540 g/mol. The summed E-state index contributed by atoms with van der Waals surface area (Å²) in [5, 5.41) is 10.1. The first-order chi connectivity index (χ1) is 18.3. The highest BCUT2D eigenvalue weighted by Gasteiger charge is 2.55. The molecule has 1 amide bonds. The molecule has 1 aromatic carbocycles. The molecule has 1 N–H and O–H groups in total. The average Bonchev–Trinajstić information content (AvgIpc) is 3.33. The first-order valence-electron chi connectivity index (χ1n) is 13.4. The normalized spacial score (nSPS) is 29.7. The van der Waals surface area contributed by atoms with E-state index in [0.717, 1.165) is 54.8 Å². The molecule has 5 atom stereocenters. The number of rotatable bonds is 6. The second kappa shape index (κ2) is 9.77. The lowest BCUT2D eigenvalue weighted by molar-refractivity contribution is -0.117. The molecule has 38 heavy (non-hydrogen) atoms. The lowest BCUT2D eigenvalue weighted by Gasteiger charge is -2.44. The summed E-state index contributed by atoms with van der Waals surface area (Å²) in [4.78, 5) is 22.1. The van der Waals surface area contributed by atoms with Crippen molar-refractivity contribution in [2.75, 3.05) is 49.6 Å². The molecule has 3 aromatic rings. The summed E-state index contributed by atoms with van der Waals surface area (Å²) in [5.41, 5.74) is 1.35. The third-order valence-corrected chi connectivity index (χ3v) is 9.04. The van der Waals surface area contributed by atoms with E-state index in [2.05, 4.69) is 38.2 Å². The molecule has 2 saturated heterocycles. The molecule has 1 aliphatic carbocycles. The maximum atomic E-state index is 14.5. The number of pyridine rings is 1. The lowest BCUT2D eigenvalue weighted by Crippen LogP contribution is -2.59. The molecule has 3 aliphatic rings. The van der Waals surface area contributed by atoms with E-state index in [1.807, 2.05) is 38.4 Å². The third-order valence-electron chi connectivity index (χ3n) is 8.73. The number of hydrogen-bond acceptors (Lipinski definition) is 6. The van der Waals surface area contributed by atoms with Crippen molar-refractivity contribution in [3.8, 4) is 0 Å². The number of fused-ring (bicyclic) bond motifs is 1. The number of alkyl halides is 1. The number of hydrogen-bond donors (Lipinski definition) is 1. The van der Waals surface area contributed by atoms with Crippen LogP contribution in [-0.2, 0) is 16.6 Å². The van der Waals surface area contributed by atoms with Crippen LogP contribution in [0.25, 0.3) is 10.8 Å². The number of aromatic nitrogens is 3. The van der Waals surface area contributed by atoms with Gasteiger partial charge in [-0.05, 0) is 42.5 Å². The van der Waals surface area contributed by atoms with Crippen LogP contribution in [0.3, 0.4) is 0 Å². The molecule has 4 heterocycles. The Hall–Kier alpha value is -2.75. The number of benzene rings is 1. The van der Waals surface area contributed by atoms with Gasteiger partial charge >= 0.3 is 0 Å². The van der Waals surface area contributed by atoms with E-state index in [1.54, 1.807) is 10.9 Å². The Morgan fingerprint density at radius 2 is 2.03 bits per heavy atom. The van der Waals surface area contributed by atoms with E-state index in [-0.39, 0.29) is 24.3 Å². The molecule has 6 rings (SSSR count). The van der Waals surface area contributed by atoms with Gasteiger partial charge in [0.1, 0.15) is 12.0 Å². The second-order valence-corrected chi connectivity index (χ2v) is 11.5. The van der Waals surface area contributed by atoms with Gasteiger partial charge in [0.05, 0.1) is 41.1 Å². The molecular formula is C28H34ClFN6O2. The van der Waals surface area contributed by atoms with Crippen LogP contribution in [0, 0.1) is 11.8 Å². The van der Waals surface area contributed by atoms with Gasteiger partial charge in [0.25, 0.3) is 0 Å². The number of amides is 1. The van der Waals surface area contributed by atoms with Gasteiger partial charge in [0.2, 0.25) is 5.91 Å². The number of ether oxygens (including phenoxy) is 1. The Morgan fingerprint density at radius 1 is 1.24 bits per heavy atom.